The van der Waals surface area contributed by atoms with E-state index in [2.05, 4.69) is 0 Å². The molecule has 0 spiro atoms. The molecule has 4 aliphatic carbocycles. The molecule has 4 saturated carbocycles. The van der Waals surface area contributed by atoms with Crippen LogP contribution in [0.15, 0.2) is 72.8 Å². The van der Waals surface area contributed by atoms with Crippen LogP contribution in [0.4, 0.5) is 101 Å². The smallest absolute Gasteiger partial charge is 0.244 e. The van der Waals surface area contributed by atoms with Crippen molar-refractivity contribution in [2.24, 2.45) is 11.8 Å². The normalized spacial score (nSPS) is 23.9. The highest BCUT2D eigenvalue weighted by atomic mass is 19.4. The Labute approximate surface area is 390 Å². The predicted molar refractivity (Wildman–Crippen MR) is 217 cm³/mol. The molecule has 70 heavy (non-hydrogen) atoms. The highest BCUT2D eigenvalue weighted by molar-refractivity contribution is 5.19. The molecule has 0 unspecified atom stereocenters. The van der Waals surface area contributed by atoms with Gasteiger partial charge in [-0.1, -0.05) is 94.0 Å². The van der Waals surface area contributed by atoms with E-state index in [4.69, 9.17) is 0 Å². The number of halogens is 23. The summed E-state index contributed by atoms with van der Waals surface area (Å²) in [7, 11) is 0. The fourth-order valence-electron chi connectivity index (χ4n) is 6.67. The lowest BCUT2D eigenvalue weighted by atomic mass is 9.75. The van der Waals surface area contributed by atoms with Crippen molar-refractivity contribution in [3.05, 3.63) is 107 Å². The van der Waals surface area contributed by atoms with Crippen LogP contribution in [-0.2, 0) is 0 Å². The zero-order valence-electron chi connectivity index (χ0n) is 38.6. The van der Waals surface area contributed by atoms with E-state index in [1.807, 2.05) is 26.0 Å². The van der Waals surface area contributed by atoms with Gasteiger partial charge in [0, 0.05) is 0 Å². The van der Waals surface area contributed by atoms with Crippen LogP contribution in [0, 0.1) is 50.1 Å². The van der Waals surface area contributed by atoms with Crippen LogP contribution < -0.4 is 0 Å². The third-order valence-electron chi connectivity index (χ3n) is 11.6. The number of hydrogen-bond acceptors (Lipinski definition) is 0. The van der Waals surface area contributed by atoms with E-state index in [9.17, 15) is 101 Å². The average Bonchev–Trinajstić information content (AvgIpc) is 3.68. The monoisotopic (exact) mass is 1050 g/mol. The van der Waals surface area contributed by atoms with E-state index >= 15 is 0 Å². The molecule has 7 rings (SSSR count). The molecule has 0 radical (unpaired) electrons. The van der Waals surface area contributed by atoms with Crippen molar-refractivity contribution in [1.82, 2.24) is 0 Å². The first kappa shape index (κ1) is 64.1. The SMILES string of the molecule is CC1(F)CCCC1.CC1(F)CCCCC1.CC1C(F)(F)C(F)(F)C(F)(F)C(F)(F)C1(F)F.CC1C(F)(F)C(F)(F)C(F)(F)C1(F)F.Cc1ccc(F)cc1.Cc1cccc(F)c1.Cc1ccccc1F. The van der Waals surface area contributed by atoms with Gasteiger partial charge in [-0.25, -0.2) is 22.0 Å². The molecule has 4 fully saturated rings. The van der Waals surface area contributed by atoms with Crippen LogP contribution in [0.2, 0.25) is 0 Å². The Morgan fingerprint density at radius 2 is 0.686 bits per heavy atom. The molecule has 0 heterocycles. The number of rotatable bonds is 0. The van der Waals surface area contributed by atoms with Crippen molar-refractivity contribution in [3.63, 3.8) is 0 Å². The van der Waals surface area contributed by atoms with E-state index in [1.54, 1.807) is 51.1 Å². The summed E-state index contributed by atoms with van der Waals surface area (Å²) in [5.74, 6) is -62.6. The lowest BCUT2D eigenvalue weighted by Gasteiger charge is -2.48. The molecule has 23 heteroatoms. The van der Waals surface area contributed by atoms with Crippen LogP contribution in [0.1, 0.15) is 102 Å². The molecular formula is C47H53F23. The van der Waals surface area contributed by atoms with Gasteiger partial charge in [0.1, 0.15) is 28.8 Å². The quantitative estimate of drug-likeness (QED) is 0.197. The maximum absolute atomic E-state index is 12.9. The summed E-state index contributed by atoms with van der Waals surface area (Å²) < 4.78 is 286. The van der Waals surface area contributed by atoms with E-state index in [-0.39, 0.29) is 31.3 Å². The molecule has 0 nitrogen and oxygen atoms in total. The van der Waals surface area contributed by atoms with E-state index in [1.165, 1.54) is 36.8 Å². The fraction of sp³-hybridized carbons (Fsp3) is 0.617. The van der Waals surface area contributed by atoms with Gasteiger partial charge in [-0.3, -0.25) is 0 Å². The van der Waals surface area contributed by atoms with Gasteiger partial charge in [0.2, 0.25) is 0 Å². The van der Waals surface area contributed by atoms with Crippen LogP contribution in [0.25, 0.3) is 0 Å². The molecular weight excluding hydrogens is 1000 g/mol. The van der Waals surface area contributed by atoms with Gasteiger partial charge in [0.15, 0.2) is 0 Å². The molecule has 0 amide bonds. The van der Waals surface area contributed by atoms with Gasteiger partial charge in [-0.2, -0.15) is 79.0 Å². The Morgan fingerprint density at radius 3 is 0.929 bits per heavy atom. The van der Waals surface area contributed by atoms with E-state index in [0.29, 0.717) is 5.56 Å². The summed E-state index contributed by atoms with van der Waals surface area (Å²) in [6.45, 7) is 8.58. The number of aryl methyl sites for hydroxylation is 3. The highest BCUT2D eigenvalue weighted by Gasteiger charge is 2.94. The third kappa shape index (κ3) is 14.4. The second-order valence-electron chi connectivity index (χ2n) is 17.7. The van der Waals surface area contributed by atoms with Crippen molar-refractivity contribution >= 4 is 0 Å². The van der Waals surface area contributed by atoms with Crippen LogP contribution in [0.3, 0.4) is 0 Å². The average molecular weight is 1050 g/mol. The minimum absolute atomic E-state index is 0.0329. The van der Waals surface area contributed by atoms with Crippen molar-refractivity contribution in [2.75, 3.05) is 0 Å². The summed E-state index contributed by atoms with van der Waals surface area (Å²) in [6, 6.07) is 19.6. The largest absolute Gasteiger partial charge is 0.384 e. The minimum Gasteiger partial charge on any atom is -0.244 e. The minimum atomic E-state index is -6.85. The Hall–Kier alpha value is -3.95. The highest BCUT2D eigenvalue weighted by Crippen LogP contribution is 2.67. The van der Waals surface area contributed by atoms with Crippen molar-refractivity contribution in [1.29, 1.82) is 0 Å². The maximum atomic E-state index is 12.9. The first-order chi connectivity index (χ1) is 31.4. The lowest BCUT2D eigenvalue weighted by molar-refractivity contribution is -0.461. The Morgan fingerprint density at radius 1 is 0.357 bits per heavy atom. The summed E-state index contributed by atoms with van der Waals surface area (Å²) >= 11 is 0. The summed E-state index contributed by atoms with van der Waals surface area (Å²) in [5.41, 5.74) is 1.13. The molecule has 0 aliphatic heterocycles. The van der Waals surface area contributed by atoms with Crippen molar-refractivity contribution < 1.29 is 101 Å². The second-order valence-corrected chi connectivity index (χ2v) is 17.7. The molecule has 0 saturated heterocycles. The zero-order chi connectivity index (χ0) is 55.0. The molecule has 0 aromatic heterocycles. The summed E-state index contributed by atoms with van der Waals surface area (Å²) in [5, 5.41) is 0. The van der Waals surface area contributed by atoms with Crippen LogP contribution in [0.5, 0.6) is 0 Å². The topological polar surface area (TPSA) is 0 Å². The predicted octanol–water partition coefficient (Wildman–Crippen LogP) is 18.4. The van der Waals surface area contributed by atoms with Gasteiger partial charge < -0.3 is 0 Å². The molecule has 402 valence electrons. The zero-order valence-corrected chi connectivity index (χ0v) is 38.6. The summed E-state index contributed by atoms with van der Waals surface area (Å²) in [6.07, 6.45) is 8.74. The van der Waals surface area contributed by atoms with Gasteiger partial charge in [0.25, 0.3) is 0 Å². The Bertz CT molecular complexity index is 1930. The second kappa shape index (κ2) is 23.3. The molecule has 0 N–H and O–H groups in total. The van der Waals surface area contributed by atoms with Gasteiger partial charge in [-0.05, 0) is 102 Å². The third-order valence-corrected chi connectivity index (χ3v) is 11.6. The van der Waals surface area contributed by atoms with E-state index < -0.39 is 76.5 Å². The van der Waals surface area contributed by atoms with Crippen molar-refractivity contribution in [2.45, 2.75) is 171 Å². The van der Waals surface area contributed by atoms with Gasteiger partial charge in [0.05, 0.1) is 11.8 Å². The fourth-order valence-corrected chi connectivity index (χ4v) is 6.67. The maximum Gasteiger partial charge on any atom is 0.384 e. The lowest BCUT2D eigenvalue weighted by Crippen LogP contribution is -2.77. The number of alkyl halides is 20. The molecule has 3 aromatic rings. The first-order valence-electron chi connectivity index (χ1n) is 21.3. The summed E-state index contributed by atoms with van der Waals surface area (Å²) in [4.78, 5) is 0. The molecule has 4 aliphatic rings. The number of hydrogen-bond donors (Lipinski definition) is 0. The molecule has 3 aromatic carbocycles. The standard InChI is InChI=1S/C7H4F10.2C7H7F.C7H13F.C7H7F.C6H4F8.C6H11F/c1-2-3(8,9)5(12,13)7(16,17)6(14,15)4(2,10)11;1-6-2-4-7(8)5-3-6;1-6-3-2-4-7(8)5-6;1-7(8)5-3-2-4-6-7;1-6-4-2-3-5-7(6)8;1-2-3(7,8)5(11,12)6(13,14)4(2,9)10;1-6(7)4-2-3-5-6/h2H,1H3;2*2-5H,1H3;2-6H2,1H3;2-5H,1H3;2H,1H3;2-5H2,1H3. The first-order valence-corrected chi connectivity index (χ1v) is 21.3. The van der Waals surface area contributed by atoms with Gasteiger partial charge >= 0.3 is 53.3 Å². The Kier molecular flexibility index (Phi) is 21.3. The van der Waals surface area contributed by atoms with Crippen molar-refractivity contribution in [3.8, 4) is 0 Å². The number of benzene rings is 3. The van der Waals surface area contributed by atoms with E-state index in [0.717, 1.165) is 62.5 Å². The van der Waals surface area contributed by atoms with Crippen LogP contribution >= 0.6 is 0 Å². The van der Waals surface area contributed by atoms with Gasteiger partial charge in [-0.15, -0.1) is 0 Å². The molecule has 0 bridgehead atoms. The van der Waals surface area contributed by atoms with Crippen LogP contribution in [-0.4, -0.2) is 64.6 Å². The Balaban J connectivity index is 0.000000419. The molecule has 0 atom stereocenters.